The summed E-state index contributed by atoms with van der Waals surface area (Å²) in [5.41, 5.74) is 2.42. The van der Waals surface area contributed by atoms with Crippen LogP contribution in [0.1, 0.15) is 64.7 Å². The van der Waals surface area contributed by atoms with Crippen LogP contribution < -0.4 is 5.32 Å². The molecule has 1 fully saturated rings. The number of nitrogens with one attached hydrogen (secondary N) is 2. The summed E-state index contributed by atoms with van der Waals surface area (Å²) in [6, 6.07) is 6.30. The lowest BCUT2D eigenvalue weighted by molar-refractivity contribution is 0.101. The van der Waals surface area contributed by atoms with Gasteiger partial charge in [-0.2, -0.15) is 4.31 Å². The summed E-state index contributed by atoms with van der Waals surface area (Å²) in [6.45, 7) is 5.97. The van der Waals surface area contributed by atoms with Crippen molar-refractivity contribution in [2.75, 3.05) is 18.4 Å². The zero-order valence-electron chi connectivity index (χ0n) is 17.0. The number of H-pyrrole nitrogens is 1. The van der Waals surface area contributed by atoms with Crippen LogP contribution in [-0.4, -0.2) is 42.5 Å². The highest BCUT2D eigenvalue weighted by molar-refractivity contribution is 7.89. The molecule has 1 aliphatic heterocycles. The molecule has 29 heavy (non-hydrogen) atoms. The van der Waals surface area contributed by atoms with E-state index in [1.54, 1.807) is 32.0 Å². The van der Waals surface area contributed by atoms with Gasteiger partial charge in [0.05, 0.1) is 4.90 Å². The summed E-state index contributed by atoms with van der Waals surface area (Å²) in [6.07, 6.45) is 3.80. The molecular weight excluding hydrogens is 390 g/mol. The molecule has 0 radical (unpaired) electrons. The molecule has 8 heteroatoms. The molecule has 0 atom stereocenters. The molecule has 0 spiro atoms. The van der Waals surface area contributed by atoms with E-state index in [4.69, 9.17) is 0 Å². The van der Waals surface area contributed by atoms with Gasteiger partial charge in [-0.15, -0.1) is 0 Å². The smallest absolute Gasteiger partial charge is 0.272 e. The molecule has 2 heterocycles. The molecule has 1 saturated heterocycles. The summed E-state index contributed by atoms with van der Waals surface area (Å²) in [5.74, 6) is -0.525. The van der Waals surface area contributed by atoms with E-state index >= 15 is 0 Å². The van der Waals surface area contributed by atoms with Crippen LogP contribution in [0.4, 0.5) is 5.69 Å². The van der Waals surface area contributed by atoms with Gasteiger partial charge < -0.3 is 10.3 Å². The Balaban J connectivity index is 1.84. The first-order valence-electron chi connectivity index (χ1n) is 9.83. The van der Waals surface area contributed by atoms with E-state index in [0.717, 1.165) is 25.7 Å². The second-order valence-electron chi connectivity index (χ2n) is 7.48. The fourth-order valence-corrected chi connectivity index (χ4v) is 5.43. The number of benzene rings is 1. The molecule has 2 aromatic rings. The number of sulfonamides is 1. The third kappa shape index (κ3) is 4.43. The van der Waals surface area contributed by atoms with Gasteiger partial charge in [-0.3, -0.25) is 9.59 Å². The summed E-state index contributed by atoms with van der Waals surface area (Å²) >= 11 is 0. The van der Waals surface area contributed by atoms with Gasteiger partial charge in [0.1, 0.15) is 5.69 Å². The Morgan fingerprint density at radius 3 is 2.31 bits per heavy atom. The molecule has 1 amide bonds. The Kier molecular flexibility index (Phi) is 6.24. The van der Waals surface area contributed by atoms with Crippen molar-refractivity contribution in [2.45, 2.75) is 51.3 Å². The molecule has 0 saturated carbocycles. The Morgan fingerprint density at radius 1 is 1.07 bits per heavy atom. The highest BCUT2D eigenvalue weighted by Gasteiger charge is 2.26. The SMILES string of the molecule is CC(=O)c1c(C)[nH]c(C(=O)Nc2cccc(S(=O)(=O)N3CCCCCC3)c2)c1C. The molecule has 0 bridgehead atoms. The maximum atomic E-state index is 13.0. The molecular formula is C21H27N3O4S. The minimum atomic E-state index is -3.60. The molecule has 1 aromatic heterocycles. The average molecular weight is 418 g/mol. The first-order chi connectivity index (χ1) is 13.7. The fourth-order valence-electron chi connectivity index (χ4n) is 3.86. The van der Waals surface area contributed by atoms with Crippen LogP contribution in [0.25, 0.3) is 0 Å². The number of hydrogen-bond acceptors (Lipinski definition) is 4. The standard InChI is InChI=1S/C21H27N3O4S/c1-14-19(16(3)25)15(2)22-20(14)21(26)23-17-9-8-10-18(13-17)29(27,28)24-11-6-4-5-7-12-24/h8-10,13,22H,4-7,11-12H2,1-3H3,(H,23,26). The van der Waals surface area contributed by atoms with Gasteiger partial charge in [-0.05, 0) is 57.4 Å². The van der Waals surface area contributed by atoms with Crippen molar-refractivity contribution in [3.63, 3.8) is 0 Å². The lowest BCUT2D eigenvalue weighted by Gasteiger charge is -2.20. The van der Waals surface area contributed by atoms with Gasteiger partial charge in [0, 0.05) is 30.0 Å². The Bertz CT molecular complexity index is 1030. The second-order valence-corrected chi connectivity index (χ2v) is 9.42. The predicted octanol–water partition coefficient (Wildman–Crippen LogP) is 3.65. The van der Waals surface area contributed by atoms with Crippen LogP contribution in [0.3, 0.4) is 0 Å². The third-order valence-corrected chi connectivity index (χ3v) is 7.21. The molecule has 0 unspecified atom stereocenters. The number of Topliss-reactive ketones (excluding diaryl/α,β-unsaturated/α-hetero) is 1. The van der Waals surface area contributed by atoms with E-state index < -0.39 is 15.9 Å². The fraction of sp³-hybridized carbons (Fsp3) is 0.429. The summed E-state index contributed by atoms with van der Waals surface area (Å²) < 4.78 is 27.5. The number of rotatable bonds is 5. The largest absolute Gasteiger partial charge is 0.354 e. The number of nitrogens with zero attached hydrogens (tertiary/aromatic N) is 1. The maximum absolute atomic E-state index is 13.0. The minimum Gasteiger partial charge on any atom is -0.354 e. The molecule has 1 aliphatic rings. The molecule has 3 rings (SSSR count). The average Bonchev–Trinajstić information content (AvgIpc) is 2.84. The summed E-state index contributed by atoms with van der Waals surface area (Å²) in [7, 11) is -3.60. The van der Waals surface area contributed by atoms with Gasteiger partial charge in [-0.25, -0.2) is 8.42 Å². The summed E-state index contributed by atoms with van der Waals surface area (Å²) in [5, 5.41) is 2.74. The monoisotopic (exact) mass is 417 g/mol. The highest BCUT2D eigenvalue weighted by Crippen LogP contribution is 2.24. The van der Waals surface area contributed by atoms with Crippen LogP contribution in [-0.2, 0) is 10.0 Å². The normalized spacial score (nSPS) is 15.7. The van der Waals surface area contributed by atoms with Crippen LogP contribution in [0.5, 0.6) is 0 Å². The Morgan fingerprint density at radius 2 is 1.72 bits per heavy atom. The van der Waals surface area contributed by atoms with E-state index in [-0.39, 0.29) is 10.7 Å². The summed E-state index contributed by atoms with van der Waals surface area (Å²) in [4.78, 5) is 27.6. The Hall–Kier alpha value is -2.45. The van der Waals surface area contributed by atoms with Gasteiger partial charge >= 0.3 is 0 Å². The van der Waals surface area contributed by atoms with Crippen LogP contribution in [0, 0.1) is 13.8 Å². The van der Waals surface area contributed by atoms with Crippen molar-refractivity contribution in [3.8, 4) is 0 Å². The van der Waals surface area contributed by atoms with E-state index in [9.17, 15) is 18.0 Å². The number of hydrogen-bond donors (Lipinski definition) is 2. The Labute approximate surface area is 171 Å². The van der Waals surface area contributed by atoms with E-state index in [2.05, 4.69) is 10.3 Å². The van der Waals surface area contributed by atoms with E-state index in [0.29, 0.717) is 41.3 Å². The van der Waals surface area contributed by atoms with E-state index in [1.165, 1.54) is 17.3 Å². The highest BCUT2D eigenvalue weighted by atomic mass is 32.2. The van der Waals surface area contributed by atoms with Crippen molar-refractivity contribution in [1.82, 2.24) is 9.29 Å². The number of ketones is 1. The number of carbonyl (C=O) groups excluding carboxylic acids is 2. The number of aryl methyl sites for hydroxylation is 1. The molecule has 7 nitrogen and oxygen atoms in total. The number of amides is 1. The van der Waals surface area contributed by atoms with Crippen LogP contribution >= 0.6 is 0 Å². The van der Waals surface area contributed by atoms with Crippen molar-refractivity contribution < 1.29 is 18.0 Å². The maximum Gasteiger partial charge on any atom is 0.272 e. The number of aromatic amines is 1. The first kappa shape index (κ1) is 21.3. The number of aromatic nitrogens is 1. The minimum absolute atomic E-state index is 0.110. The quantitative estimate of drug-likeness (QED) is 0.725. The van der Waals surface area contributed by atoms with E-state index in [1.807, 2.05) is 0 Å². The topological polar surface area (TPSA) is 99.3 Å². The van der Waals surface area contributed by atoms with Gasteiger partial charge in [0.2, 0.25) is 10.0 Å². The van der Waals surface area contributed by atoms with Crippen molar-refractivity contribution in [3.05, 3.63) is 46.8 Å². The molecule has 1 aromatic carbocycles. The predicted molar refractivity (Wildman–Crippen MR) is 112 cm³/mol. The third-order valence-electron chi connectivity index (χ3n) is 5.31. The number of carbonyl (C=O) groups is 2. The van der Waals surface area contributed by atoms with Crippen molar-refractivity contribution in [1.29, 1.82) is 0 Å². The van der Waals surface area contributed by atoms with Crippen molar-refractivity contribution >= 4 is 27.4 Å². The molecule has 2 N–H and O–H groups in total. The van der Waals surface area contributed by atoms with Gasteiger partial charge in [-0.1, -0.05) is 18.9 Å². The molecule has 0 aliphatic carbocycles. The van der Waals surface area contributed by atoms with Crippen LogP contribution in [0.2, 0.25) is 0 Å². The molecule has 156 valence electrons. The lowest BCUT2D eigenvalue weighted by atomic mass is 10.1. The first-order valence-corrected chi connectivity index (χ1v) is 11.3. The van der Waals surface area contributed by atoms with Crippen LogP contribution in [0.15, 0.2) is 29.2 Å². The van der Waals surface area contributed by atoms with Gasteiger partial charge in [0.25, 0.3) is 5.91 Å². The second kappa shape index (κ2) is 8.51. The van der Waals surface area contributed by atoms with Gasteiger partial charge in [0.15, 0.2) is 5.78 Å². The number of anilines is 1. The zero-order chi connectivity index (χ0) is 21.2. The zero-order valence-corrected chi connectivity index (χ0v) is 17.9. The lowest BCUT2D eigenvalue weighted by Crippen LogP contribution is -2.32. The van der Waals surface area contributed by atoms with Crippen molar-refractivity contribution in [2.24, 2.45) is 0 Å².